The number of nitrogens with one attached hydrogen (secondary N) is 1. The van der Waals surface area contributed by atoms with Crippen LogP contribution in [-0.2, 0) is 9.53 Å². The van der Waals surface area contributed by atoms with Gasteiger partial charge >= 0.3 is 5.97 Å². The van der Waals surface area contributed by atoms with Crippen LogP contribution in [0, 0.1) is 5.41 Å². The van der Waals surface area contributed by atoms with Gasteiger partial charge in [0, 0.05) is 11.1 Å². The van der Waals surface area contributed by atoms with E-state index in [0.717, 1.165) is 19.3 Å². The van der Waals surface area contributed by atoms with Gasteiger partial charge in [-0.2, -0.15) is 0 Å². The molecule has 4 nitrogen and oxygen atoms in total. The third kappa shape index (κ3) is 6.29. The molecule has 4 heteroatoms. The van der Waals surface area contributed by atoms with Crippen molar-refractivity contribution < 1.29 is 14.3 Å². The predicted octanol–water partition coefficient (Wildman–Crippen LogP) is 4.41. The van der Waals surface area contributed by atoms with E-state index < -0.39 is 5.41 Å². The molecule has 0 aliphatic carbocycles. The number of carbonyl (C=O) groups excluding carboxylic acids is 2. The van der Waals surface area contributed by atoms with E-state index >= 15 is 0 Å². The summed E-state index contributed by atoms with van der Waals surface area (Å²) in [5.74, 6) is -0.371. The fourth-order valence-electron chi connectivity index (χ4n) is 1.79. The average molecular weight is 305 g/mol. The van der Waals surface area contributed by atoms with Crippen molar-refractivity contribution in [3.63, 3.8) is 0 Å². The summed E-state index contributed by atoms with van der Waals surface area (Å²) in [5, 5.41) is 2.82. The van der Waals surface area contributed by atoms with Crippen LogP contribution in [0.4, 0.5) is 5.69 Å². The molecule has 0 atom stereocenters. The van der Waals surface area contributed by atoms with Gasteiger partial charge in [0.1, 0.15) is 0 Å². The van der Waals surface area contributed by atoms with E-state index in [-0.39, 0.29) is 11.9 Å². The van der Waals surface area contributed by atoms with Gasteiger partial charge in [-0.1, -0.05) is 47.0 Å². The van der Waals surface area contributed by atoms with Crippen LogP contribution in [0.1, 0.15) is 63.7 Å². The van der Waals surface area contributed by atoms with Crippen molar-refractivity contribution in [1.82, 2.24) is 0 Å². The first-order valence-corrected chi connectivity index (χ1v) is 7.93. The van der Waals surface area contributed by atoms with Gasteiger partial charge in [0.15, 0.2) is 0 Å². The van der Waals surface area contributed by atoms with Crippen molar-refractivity contribution in [2.45, 2.75) is 53.4 Å². The van der Waals surface area contributed by atoms with Crippen LogP contribution in [0.3, 0.4) is 0 Å². The minimum atomic E-state index is -0.448. The van der Waals surface area contributed by atoms with Crippen molar-refractivity contribution in [3.8, 4) is 0 Å². The van der Waals surface area contributed by atoms with E-state index in [1.165, 1.54) is 6.42 Å². The van der Waals surface area contributed by atoms with E-state index in [1.54, 1.807) is 24.3 Å². The number of benzene rings is 1. The Bertz CT molecular complexity index is 486. The van der Waals surface area contributed by atoms with Crippen LogP contribution >= 0.6 is 0 Å². The summed E-state index contributed by atoms with van der Waals surface area (Å²) in [6, 6.07) is 6.79. The second-order valence-electron chi connectivity index (χ2n) is 6.48. The van der Waals surface area contributed by atoms with Gasteiger partial charge in [-0.25, -0.2) is 4.79 Å². The molecule has 0 saturated heterocycles. The number of anilines is 1. The zero-order valence-electron chi connectivity index (χ0n) is 14.1. The Morgan fingerprint density at radius 2 is 1.68 bits per heavy atom. The van der Waals surface area contributed by atoms with Crippen molar-refractivity contribution >= 4 is 17.6 Å². The normalized spacial score (nSPS) is 11.1. The lowest BCUT2D eigenvalue weighted by molar-refractivity contribution is -0.123. The molecule has 1 aromatic carbocycles. The van der Waals surface area contributed by atoms with E-state index in [0.29, 0.717) is 17.9 Å². The number of amides is 1. The third-order valence-corrected chi connectivity index (χ3v) is 3.29. The highest BCUT2D eigenvalue weighted by atomic mass is 16.5. The van der Waals surface area contributed by atoms with Crippen molar-refractivity contribution in [2.24, 2.45) is 5.41 Å². The lowest BCUT2D eigenvalue weighted by Gasteiger charge is -2.17. The first-order chi connectivity index (χ1) is 10.3. The molecule has 0 radical (unpaired) electrons. The minimum Gasteiger partial charge on any atom is -0.462 e. The van der Waals surface area contributed by atoms with Gasteiger partial charge in [-0.05, 0) is 30.7 Å². The summed E-state index contributed by atoms with van der Waals surface area (Å²) >= 11 is 0. The SMILES string of the molecule is CCCCCCOC(=O)c1ccc(NC(=O)C(C)(C)C)cc1. The van der Waals surface area contributed by atoms with Crippen LogP contribution in [0.5, 0.6) is 0 Å². The fraction of sp³-hybridized carbons (Fsp3) is 0.556. The molecule has 0 unspecified atom stereocenters. The van der Waals surface area contributed by atoms with E-state index in [2.05, 4.69) is 12.2 Å². The average Bonchev–Trinajstić information content (AvgIpc) is 2.46. The van der Waals surface area contributed by atoms with Crippen LogP contribution in [0.15, 0.2) is 24.3 Å². The lowest BCUT2D eigenvalue weighted by atomic mass is 9.95. The standard InChI is InChI=1S/C18H27NO3/c1-5-6-7-8-13-22-16(20)14-9-11-15(12-10-14)19-17(21)18(2,3)4/h9-12H,5-8,13H2,1-4H3,(H,19,21). The van der Waals surface area contributed by atoms with Gasteiger partial charge in [0.2, 0.25) is 5.91 Å². The van der Waals surface area contributed by atoms with Crippen LogP contribution in [0.25, 0.3) is 0 Å². The van der Waals surface area contributed by atoms with Crippen LogP contribution in [-0.4, -0.2) is 18.5 Å². The van der Waals surface area contributed by atoms with E-state index in [1.807, 2.05) is 20.8 Å². The summed E-state index contributed by atoms with van der Waals surface area (Å²) in [7, 11) is 0. The van der Waals surface area contributed by atoms with Gasteiger partial charge < -0.3 is 10.1 Å². The highest BCUT2D eigenvalue weighted by Crippen LogP contribution is 2.18. The molecule has 1 rings (SSSR count). The van der Waals surface area contributed by atoms with E-state index in [9.17, 15) is 9.59 Å². The zero-order valence-corrected chi connectivity index (χ0v) is 14.1. The molecule has 0 aliphatic rings. The largest absolute Gasteiger partial charge is 0.462 e. The topological polar surface area (TPSA) is 55.4 Å². The Balaban J connectivity index is 2.47. The number of hydrogen-bond donors (Lipinski definition) is 1. The zero-order chi connectivity index (χ0) is 16.6. The molecular formula is C18H27NO3. The van der Waals surface area contributed by atoms with Crippen molar-refractivity contribution in [2.75, 3.05) is 11.9 Å². The molecule has 122 valence electrons. The molecule has 0 aromatic heterocycles. The Morgan fingerprint density at radius 1 is 1.05 bits per heavy atom. The molecule has 0 bridgehead atoms. The van der Waals surface area contributed by atoms with E-state index in [4.69, 9.17) is 4.74 Å². The first-order valence-electron chi connectivity index (χ1n) is 7.93. The smallest absolute Gasteiger partial charge is 0.338 e. The minimum absolute atomic E-state index is 0.0567. The van der Waals surface area contributed by atoms with Gasteiger partial charge in [0.25, 0.3) is 0 Å². The molecule has 1 aromatic rings. The van der Waals surface area contributed by atoms with Crippen molar-refractivity contribution in [3.05, 3.63) is 29.8 Å². The molecule has 22 heavy (non-hydrogen) atoms. The molecule has 0 saturated carbocycles. The maximum Gasteiger partial charge on any atom is 0.338 e. The first kappa shape index (κ1) is 18.2. The summed E-state index contributed by atoms with van der Waals surface area (Å²) in [6.45, 7) is 8.17. The van der Waals surface area contributed by atoms with Crippen LogP contribution in [0.2, 0.25) is 0 Å². The Morgan fingerprint density at radius 3 is 2.23 bits per heavy atom. The summed E-state index contributed by atoms with van der Waals surface area (Å²) in [4.78, 5) is 23.7. The molecule has 0 fully saturated rings. The fourth-order valence-corrected chi connectivity index (χ4v) is 1.79. The summed E-state index contributed by atoms with van der Waals surface area (Å²) in [5.41, 5.74) is 0.736. The highest BCUT2D eigenvalue weighted by molar-refractivity contribution is 5.95. The Labute approximate surface area is 133 Å². The number of ether oxygens (including phenoxy) is 1. The second-order valence-corrected chi connectivity index (χ2v) is 6.48. The number of unbranched alkanes of at least 4 members (excludes halogenated alkanes) is 3. The number of carbonyl (C=O) groups is 2. The molecular weight excluding hydrogens is 278 g/mol. The predicted molar refractivity (Wildman–Crippen MR) is 89.0 cm³/mol. The Kier molecular flexibility index (Phi) is 7.09. The maximum absolute atomic E-state index is 11.9. The number of rotatable bonds is 7. The summed E-state index contributed by atoms with van der Waals surface area (Å²) < 4.78 is 5.22. The molecule has 0 spiro atoms. The van der Waals surface area contributed by atoms with Crippen LogP contribution < -0.4 is 5.32 Å². The van der Waals surface area contributed by atoms with Gasteiger partial charge in [-0.3, -0.25) is 4.79 Å². The quantitative estimate of drug-likeness (QED) is 0.599. The second kappa shape index (κ2) is 8.57. The molecule has 0 aliphatic heterocycles. The monoisotopic (exact) mass is 305 g/mol. The van der Waals surface area contributed by atoms with Gasteiger partial charge in [-0.15, -0.1) is 0 Å². The molecule has 1 amide bonds. The third-order valence-electron chi connectivity index (χ3n) is 3.29. The number of hydrogen-bond acceptors (Lipinski definition) is 3. The van der Waals surface area contributed by atoms with Crippen molar-refractivity contribution in [1.29, 1.82) is 0 Å². The van der Waals surface area contributed by atoms with Gasteiger partial charge in [0.05, 0.1) is 12.2 Å². The maximum atomic E-state index is 11.9. The molecule has 0 heterocycles. The summed E-state index contributed by atoms with van der Waals surface area (Å²) in [6.07, 6.45) is 4.32. The molecule has 1 N–H and O–H groups in total. The highest BCUT2D eigenvalue weighted by Gasteiger charge is 2.21. The lowest BCUT2D eigenvalue weighted by Crippen LogP contribution is -2.27. The number of esters is 1. The Hall–Kier alpha value is -1.84.